The first-order chi connectivity index (χ1) is 2.94. The molecule has 0 aliphatic heterocycles. The van der Waals surface area contributed by atoms with Gasteiger partial charge < -0.3 is 0 Å². The van der Waals surface area contributed by atoms with Gasteiger partial charge in [-0.3, -0.25) is 4.55 Å². The highest BCUT2D eigenvalue weighted by molar-refractivity contribution is 8.81. The van der Waals surface area contributed by atoms with E-state index in [1.54, 1.807) is 0 Å². The molecule has 44 valence electrons. The monoisotopic (exact) mass is 162 g/mol. The molecule has 0 saturated heterocycles. The molecule has 0 aromatic heterocycles. The molecular formula is H3O4PS2. The molecule has 0 rings (SSSR count). The van der Waals surface area contributed by atoms with E-state index >= 15 is 0 Å². The van der Waals surface area contributed by atoms with Gasteiger partial charge in [-0.05, 0) is 0 Å². The van der Waals surface area contributed by atoms with Crippen molar-refractivity contribution in [1.29, 1.82) is 0 Å². The lowest BCUT2D eigenvalue weighted by Gasteiger charge is -1.81. The van der Waals surface area contributed by atoms with Crippen molar-refractivity contribution < 1.29 is 17.2 Å². The molecule has 0 spiro atoms. The molecule has 0 aliphatic carbocycles. The molecule has 0 aromatic rings. The SMILES string of the molecule is O=S(O)S(=O)(=O)P. The van der Waals surface area contributed by atoms with E-state index in [0.29, 0.717) is 0 Å². The Kier molecular flexibility index (Phi) is 2.32. The summed E-state index contributed by atoms with van der Waals surface area (Å²) in [5.74, 6) is 0. The predicted octanol–water partition coefficient (Wildman–Crippen LogP) is -0.672. The molecular weight excluding hydrogens is 159 g/mol. The zero-order valence-electron chi connectivity index (χ0n) is 3.07. The molecule has 2 atom stereocenters. The van der Waals surface area contributed by atoms with Gasteiger partial charge in [0, 0.05) is 8.44 Å². The standard InChI is InChI=1S/H3O4PS2/c1-6(2)7(3,4)5/h5H2,(H,1,2). The van der Waals surface area contributed by atoms with Crippen molar-refractivity contribution in [3.8, 4) is 0 Å². The summed E-state index contributed by atoms with van der Waals surface area (Å²) in [7, 11) is -5.29. The maximum absolute atomic E-state index is 9.74. The van der Waals surface area contributed by atoms with Crippen LogP contribution >= 0.6 is 8.44 Å². The lowest BCUT2D eigenvalue weighted by Crippen LogP contribution is -1.95. The average Bonchev–Trinajstić information content (AvgIpc) is 1.31. The van der Waals surface area contributed by atoms with Gasteiger partial charge >= 0.3 is 0 Å². The van der Waals surface area contributed by atoms with E-state index in [1.165, 1.54) is 8.44 Å². The molecule has 0 fully saturated rings. The van der Waals surface area contributed by atoms with Crippen LogP contribution in [0.3, 0.4) is 0 Å². The van der Waals surface area contributed by atoms with Crippen molar-refractivity contribution in [1.82, 2.24) is 0 Å². The molecule has 0 radical (unpaired) electrons. The summed E-state index contributed by atoms with van der Waals surface area (Å²) in [6.07, 6.45) is 0. The fraction of sp³-hybridized carbons (Fsp3) is 0. The topological polar surface area (TPSA) is 71.4 Å². The summed E-state index contributed by atoms with van der Waals surface area (Å²) in [4.78, 5) is 0. The van der Waals surface area contributed by atoms with Crippen molar-refractivity contribution in [3.05, 3.63) is 0 Å². The Morgan fingerprint density at radius 3 is 1.71 bits per heavy atom. The summed E-state index contributed by atoms with van der Waals surface area (Å²) >= 11 is 0. The van der Waals surface area contributed by atoms with Crippen molar-refractivity contribution in [2.75, 3.05) is 0 Å². The third kappa shape index (κ3) is 3.11. The fourth-order valence-corrected chi connectivity index (χ4v) is 0. The Balaban J connectivity index is 4.43. The summed E-state index contributed by atoms with van der Waals surface area (Å²) in [5, 5.41) is 0. The smallest absolute Gasteiger partial charge is 0.277 e. The van der Waals surface area contributed by atoms with Crippen molar-refractivity contribution >= 4 is 27.0 Å². The Hall–Kier alpha value is 0.490. The van der Waals surface area contributed by atoms with Crippen molar-refractivity contribution in [2.24, 2.45) is 0 Å². The zero-order chi connectivity index (χ0) is 6.08. The van der Waals surface area contributed by atoms with Crippen LogP contribution in [0.25, 0.3) is 0 Å². The highest BCUT2D eigenvalue weighted by atomic mass is 33.4. The molecule has 0 aromatic carbocycles. The maximum atomic E-state index is 9.74. The van der Waals surface area contributed by atoms with Crippen LogP contribution in [0.15, 0.2) is 0 Å². The normalized spacial score (nSPS) is 16.3. The average molecular weight is 162 g/mol. The second kappa shape index (κ2) is 2.17. The van der Waals surface area contributed by atoms with E-state index in [9.17, 15) is 12.6 Å². The Bertz CT molecular complexity index is 164. The molecule has 0 aliphatic rings. The number of rotatable bonds is 1. The van der Waals surface area contributed by atoms with Crippen LogP contribution in [0.1, 0.15) is 0 Å². The van der Waals surface area contributed by atoms with Gasteiger partial charge in [0.25, 0.3) is 18.6 Å². The van der Waals surface area contributed by atoms with Gasteiger partial charge in [-0.2, -0.15) is 0 Å². The zero-order valence-corrected chi connectivity index (χ0v) is 5.85. The largest absolute Gasteiger partial charge is 0.294 e. The van der Waals surface area contributed by atoms with Crippen LogP contribution in [0.4, 0.5) is 0 Å². The Labute approximate surface area is 44.9 Å². The second-order valence-corrected chi connectivity index (χ2v) is 7.27. The minimum Gasteiger partial charge on any atom is -0.294 e. The summed E-state index contributed by atoms with van der Waals surface area (Å²) in [5.41, 5.74) is 0. The molecule has 4 nitrogen and oxygen atoms in total. The van der Waals surface area contributed by atoms with Crippen LogP contribution in [0, 0.1) is 0 Å². The minimum atomic E-state index is -3.80. The van der Waals surface area contributed by atoms with Gasteiger partial charge in [0.15, 0.2) is 0 Å². The van der Waals surface area contributed by atoms with Gasteiger partial charge in [0.2, 0.25) is 0 Å². The van der Waals surface area contributed by atoms with Crippen molar-refractivity contribution in [3.63, 3.8) is 0 Å². The fourth-order valence-electron chi connectivity index (χ4n) is 0. The third-order valence-corrected chi connectivity index (χ3v) is 3.27. The first-order valence-electron chi connectivity index (χ1n) is 1.08. The molecule has 0 bridgehead atoms. The molecule has 0 saturated carbocycles. The third-order valence-electron chi connectivity index (χ3n) is 0.199. The lowest BCUT2D eigenvalue weighted by atomic mass is 15.9. The molecule has 0 amide bonds. The van der Waals surface area contributed by atoms with E-state index in [2.05, 4.69) is 0 Å². The Morgan fingerprint density at radius 1 is 1.57 bits per heavy atom. The lowest BCUT2D eigenvalue weighted by molar-refractivity contribution is 0.567. The van der Waals surface area contributed by atoms with Crippen LogP contribution in [0.2, 0.25) is 0 Å². The van der Waals surface area contributed by atoms with E-state index in [1.807, 2.05) is 0 Å². The van der Waals surface area contributed by atoms with Gasteiger partial charge in [-0.1, -0.05) is 0 Å². The van der Waals surface area contributed by atoms with E-state index in [-0.39, 0.29) is 0 Å². The number of hydrogen-bond acceptors (Lipinski definition) is 3. The second-order valence-electron chi connectivity index (χ2n) is 0.710. The molecule has 7 heavy (non-hydrogen) atoms. The first kappa shape index (κ1) is 7.49. The van der Waals surface area contributed by atoms with E-state index in [4.69, 9.17) is 4.55 Å². The van der Waals surface area contributed by atoms with Gasteiger partial charge in [-0.15, -0.1) is 0 Å². The molecule has 0 heterocycles. The van der Waals surface area contributed by atoms with Crippen molar-refractivity contribution in [2.45, 2.75) is 0 Å². The highest BCUT2D eigenvalue weighted by Crippen LogP contribution is 2.02. The summed E-state index contributed by atoms with van der Waals surface area (Å²) in [6.45, 7) is 0. The van der Waals surface area contributed by atoms with E-state index in [0.717, 1.165) is 0 Å². The molecule has 2 unspecified atom stereocenters. The van der Waals surface area contributed by atoms with Crippen LogP contribution < -0.4 is 0 Å². The maximum Gasteiger partial charge on any atom is 0.277 e. The Morgan fingerprint density at radius 2 is 1.71 bits per heavy atom. The predicted molar refractivity (Wildman–Crippen MR) is 29.4 cm³/mol. The quantitative estimate of drug-likeness (QED) is 0.315. The van der Waals surface area contributed by atoms with Gasteiger partial charge in [0.1, 0.15) is 0 Å². The van der Waals surface area contributed by atoms with Crippen LogP contribution in [0.5, 0.6) is 0 Å². The number of hydrogen-bond donors (Lipinski definition) is 1. The first-order valence-corrected chi connectivity index (χ1v) is 5.67. The van der Waals surface area contributed by atoms with Crippen LogP contribution in [-0.4, -0.2) is 17.2 Å². The highest BCUT2D eigenvalue weighted by Gasteiger charge is 2.07. The molecule has 1 N–H and O–H groups in total. The molecule has 7 heteroatoms. The summed E-state index contributed by atoms with van der Waals surface area (Å²) < 4.78 is 36.8. The van der Waals surface area contributed by atoms with E-state index < -0.39 is 18.6 Å². The minimum absolute atomic E-state index is 1.25. The van der Waals surface area contributed by atoms with Gasteiger partial charge in [-0.25, -0.2) is 12.6 Å². The summed E-state index contributed by atoms with van der Waals surface area (Å²) in [6, 6.07) is 0. The van der Waals surface area contributed by atoms with Crippen LogP contribution in [-0.2, 0) is 18.6 Å². The van der Waals surface area contributed by atoms with Gasteiger partial charge in [0.05, 0.1) is 0 Å².